The molecule has 0 heterocycles. The third-order valence-electron chi connectivity index (χ3n) is 4.62. The highest BCUT2D eigenvalue weighted by Gasteiger charge is 2.21. The molecule has 8 heteroatoms. The van der Waals surface area contributed by atoms with E-state index < -0.39 is 16.9 Å². The second kappa shape index (κ2) is 10.7. The van der Waals surface area contributed by atoms with Crippen molar-refractivity contribution in [2.24, 2.45) is 0 Å². The van der Waals surface area contributed by atoms with Crippen LogP contribution in [0.15, 0.2) is 72.8 Å². The van der Waals surface area contributed by atoms with Crippen molar-refractivity contribution in [2.45, 2.75) is 25.6 Å². The highest BCUT2D eigenvalue weighted by Crippen LogP contribution is 2.25. The van der Waals surface area contributed by atoms with E-state index in [0.29, 0.717) is 17.5 Å². The number of esters is 1. The van der Waals surface area contributed by atoms with Crippen LogP contribution in [-0.4, -0.2) is 16.9 Å². The first kappa shape index (κ1) is 22.4. The molecule has 31 heavy (non-hydrogen) atoms. The Morgan fingerprint density at radius 3 is 2.39 bits per heavy atom. The Labute approximate surface area is 183 Å². The van der Waals surface area contributed by atoms with Gasteiger partial charge in [0, 0.05) is 12.6 Å². The fraction of sp³-hybridized carbons (Fsp3) is 0.174. The quantitative estimate of drug-likeness (QED) is 0.291. The molecule has 3 aromatic rings. The summed E-state index contributed by atoms with van der Waals surface area (Å²) < 4.78 is 18.5. The van der Waals surface area contributed by atoms with E-state index in [1.54, 1.807) is 18.2 Å². The van der Waals surface area contributed by atoms with E-state index in [0.717, 1.165) is 5.56 Å². The molecule has 0 fully saturated rings. The summed E-state index contributed by atoms with van der Waals surface area (Å²) in [5.74, 6) is -0.840. The Kier molecular flexibility index (Phi) is 7.70. The lowest BCUT2D eigenvalue weighted by Crippen LogP contribution is -2.39. The molecule has 6 nitrogen and oxygen atoms in total. The minimum atomic E-state index is -0.683. The summed E-state index contributed by atoms with van der Waals surface area (Å²) in [6, 6.07) is 18.9. The van der Waals surface area contributed by atoms with Crippen LogP contribution >= 0.6 is 11.6 Å². The molecule has 0 saturated heterocycles. The fourth-order valence-corrected chi connectivity index (χ4v) is 3.16. The molecule has 0 amide bonds. The van der Waals surface area contributed by atoms with E-state index in [-0.39, 0.29) is 29.7 Å². The number of ether oxygens (including phenoxy) is 1. The largest absolute Gasteiger partial charge is 0.460 e. The zero-order chi connectivity index (χ0) is 22.2. The highest BCUT2D eigenvalue weighted by atomic mass is 35.5. The molecule has 160 valence electrons. The molecule has 0 spiro atoms. The summed E-state index contributed by atoms with van der Waals surface area (Å²) in [4.78, 5) is 23.3. The first-order valence-corrected chi connectivity index (χ1v) is 9.91. The molecule has 0 aliphatic rings. The van der Waals surface area contributed by atoms with Crippen molar-refractivity contribution < 1.29 is 18.8 Å². The first-order valence-electron chi connectivity index (χ1n) is 9.53. The zero-order valence-corrected chi connectivity index (χ0v) is 17.2. The molecule has 0 unspecified atom stereocenters. The first-order chi connectivity index (χ1) is 14.9. The molecule has 1 N–H and O–H groups in total. The highest BCUT2D eigenvalue weighted by molar-refractivity contribution is 6.32. The molecular formula is C23H20ClFN2O4. The second-order valence-electron chi connectivity index (χ2n) is 6.90. The molecule has 3 aromatic carbocycles. The summed E-state index contributed by atoms with van der Waals surface area (Å²) >= 11 is 5.86. The van der Waals surface area contributed by atoms with Gasteiger partial charge < -0.3 is 10.1 Å². The average molecular weight is 443 g/mol. The van der Waals surface area contributed by atoms with Gasteiger partial charge in [0.2, 0.25) is 0 Å². The van der Waals surface area contributed by atoms with Gasteiger partial charge in [-0.3, -0.25) is 14.9 Å². The minimum Gasteiger partial charge on any atom is -0.460 e. The van der Waals surface area contributed by atoms with Crippen LogP contribution in [0.5, 0.6) is 0 Å². The summed E-state index contributed by atoms with van der Waals surface area (Å²) in [7, 11) is 0. The van der Waals surface area contributed by atoms with Gasteiger partial charge in [0.15, 0.2) is 0 Å². The molecule has 0 saturated carbocycles. The Morgan fingerprint density at radius 2 is 1.71 bits per heavy atom. The van der Waals surface area contributed by atoms with Crippen molar-refractivity contribution in [3.05, 3.63) is 110 Å². The van der Waals surface area contributed by atoms with Crippen LogP contribution in [0.4, 0.5) is 10.1 Å². The fourth-order valence-electron chi connectivity index (χ4n) is 2.97. The van der Waals surface area contributed by atoms with Crippen LogP contribution in [0.25, 0.3) is 0 Å². The van der Waals surface area contributed by atoms with Gasteiger partial charge in [0.25, 0.3) is 5.69 Å². The number of nitrogens with zero attached hydrogens (tertiary/aromatic N) is 1. The van der Waals surface area contributed by atoms with E-state index in [1.165, 1.54) is 24.3 Å². The van der Waals surface area contributed by atoms with Crippen molar-refractivity contribution >= 4 is 23.3 Å². The molecule has 0 radical (unpaired) electrons. The average Bonchev–Trinajstić information content (AvgIpc) is 2.77. The van der Waals surface area contributed by atoms with Crippen LogP contribution in [0.1, 0.15) is 16.7 Å². The van der Waals surface area contributed by atoms with Crippen molar-refractivity contribution in [1.82, 2.24) is 5.32 Å². The summed E-state index contributed by atoms with van der Waals surface area (Å²) in [6.07, 6.45) is 0.374. The van der Waals surface area contributed by atoms with Gasteiger partial charge in [-0.1, -0.05) is 60.1 Å². The lowest BCUT2D eigenvalue weighted by Gasteiger charge is -2.18. The minimum absolute atomic E-state index is 0.0124. The molecule has 3 rings (SSSR count). The summed E-state index contributed by atoms with van der Waals surface area (Å²) in [6.45, 7) is 0.222. The maximum atomic E-state index is 13.1. The third kappa shape index (κ3) is 6.60. The third-order valence-corrected chi connectivity index (χ3v) is 4.94. The topological polar surface area (TPSA) is 81.5 Å². The molecule has 0 bridgehead atoms. The van der Waals surface area contributed by atoms with Gasteiger partial charge in [0.1, 0.15) is 23.5 Å². The number of nitrogens with one attached hydrogen (secondary N) is 1. The van der Waals surface area contributed by atoms with Gasteiger partial charge in [-0.2, -0.15) is 0 Å². The lowest BCUT2D eigenvalue weighted by molar-refractivity contribution is -0.384. The predicted molar refractivity (Wildman–Crippen MR) is 115 cm³/mol. The maximum absolute atomic E-state index is 13.1. The van der Waals surface area contributed by atoms with Gasteiger partial charge in [0.05, 0.1) is 4.92 Å². The van der Waals surface area contributed by atoms with Crippen molar-refractivity contribution in [2.75, 3.05) is 0 Å². The second-order valence-corrected chi connectivity index (χ2v) is 7.31. The number of benzene rings is 3. The van der Waals surface area contributed by atoms with Crippen LogP contribution in [0.2, 0.25) is 5.02 Å². The van der Waals surface area contributed by atoms with E-state index in [2.05, 4.69) is 5.32 Å². The van der Waals surface area contributed by atoms with Gasteiger partial charge >= 0.3 is 5.97 Å². The lowest BCUT2D eigenvalue weighted by atomic mass is 10.1. The van der Waals surface area contributed by atoms with Crippen molar-refractivity contribution in [3.63, 3.8) is 0 Å². The van der Waals surface area contributed by atoms with Crippen molar-refractivity contribution in [1.29, 1.82) is 0 Å². The number of hydrogen-bond donors (Lipinski definition) is 1. The Hall–Kier alpha value is -3.29. The number of rotatable bonds is 9. The van der Waals surface area contributed by atoms with Gasteiger partial charge in [-0.25, -0.2) is 4.39 Å². The van der Waals surface area contributed by atoms with E-state index in [4.69, 9.17) is 16.3 Å². The molecule has 0 aliphatic carbocycles. The molecular weight excluding hydrogens is 423 g/mol. The smallest absolute Gasteiger partial charge is 0.323 e. The van der Waals surface area contributed by atoms with Crippen LogP contribution < -0.4 is 5.32 Å². The normalized spacial score (nSPS) is 11.7. The van der Waals surface area contributed by atoms with Gasteiger partial charge in [-0.15, -0.1) is 0 Å². The Morgan fingerprint density at radius 1 is 1.03 bits per heavy atom. The number of nitro benzene ring substituents is 1. The number of hydrogen-bond acceptors (Lipinski definition) is 5. The number of nitro groups is 1. The van der Waals surface area contributed by atoms with Crippen molar-refractivity contribution in [3.8, 4) is 0 Å². The molecule has 0 aliphatic heterocycles. The van der Waals surface area contributed by atoms with E-state index >= 15 is 0 Å². The summed E-state index contributed by atoms with van der Waals surface area (Å²) in [5.41, 5.74) is 2.02. The van der Waals surface area contributed by atoms with Crippen LogP contribution in [0, 0.1) is 15.9 Å². The maximum Gasteiger partial charge on any atom is 0.323 e. The Bertz CT molecular complexity index is 1050. The SMILES string of the molecule is O=C(OCc1ccc(F)cc1)[C@H](Cc1ccccc1)NCc1ccc(Cl)c([N+](=O)[O-])c1. The zero-order valence-electron chi connectivity index (χ0n) is 16.5. The number of halogens is 2. The van der Waals surface area contributed by atoms with Crippen LogP contribution in [0.3, 0.4) is 0 Å². The number of carbonyl (C=O) groups excluding carboxylic acids is 1. The number of carbonyl (C=O) groups is 1. The predicted octanol–water partition coefficient (Wildman–Crippen LogP) is 4.83. The van der Waals surface area contributed by atoms with E-state index in [1.807, 2.05) is 30.3 Å². The van der Waals surface area contributed by atoms with Crippen LogP contribution in [-0.2, 0) is 29.1 Å². The van der Waals surface area contributed by atoms with E-state index in [9.17, 15) is 19.3 Å². The summed E-state index contributed by atoms with van der Waals surface area (Å²) in [5, 5.41) is 14.3. The van der Waals surface area contributed by atoms with Gasteiger partial charge in [-0.05, 0) is 41.3 Å². The Balaban J connectivity index is 1.69. The monoisotopic (exact) mass is 442 g/mol. The standard InChI is InChI=1S/C23H20ClFN2O4/c24-20-11-8-18(13-22(20)27(29)30)14-26-21(12-16-4-2-1-3-5-16)23(28)31-15-17-6-9-19(25)10-7-17/h1-11,13,21,26H,12,14-15H2/t21-/m0/s1. The molecule has 0 aromatic heterocycles. The molecule has 1 atom stereocenters.